The Balaban J connectivity index is 4.01. The van der Waals surface area contributed by atoms with Crippen molar-refractivity contribution in [3.8, 4) is 0 Å². The molecule has 2 nitrogen and oxygen atoms in total. The fourth-order valence-electron chi connectivity index (χ4n) is 1.65. The summed E-state index contributed by atoms with van der Waals surface area (Å²) in [5.41, 5.74) is 0. The molecule has 0 saturated carbocycles. The topological polar surface area (TPSA) is 37.3 Å². The summed E-state index contributed by atoms with van der Waals surface area (Å²) < 4.78 is 0. The van der Waals surface area contributed by atoms with Gasteiger partial charge in [0, 0.05) is 6.42 Å². The molecule has 3 heteroatoms. The van der Waals surface area contributed by atoms with Crippen LogP contribution >= 0.6 is 0 Å². The summed E-state index contributed by atoms with van der Waals surface area (Å²) in [6, 6.07) is 4.65. The molecule has 0 amide bonds. The molecule has 0 radical (unpaired) electrons. The minimum absolute atomic E-state index is 0.377. The molecular weight excluding hydrogens is 168 g/mol. The molecular formula is C9H20O2Si. The average molecular weight is 188 g/mol. The molecule has 0 fully saturated rings. The van der Waals surface area contributed by atoms with E-state index in [0.29, 0.717) is 6.42 Å². The molecule has 0 saturated heterocycles. The minimum Gasteiger partial charge on any atom is -0.481 e. The van der Waals surface area contributed by atoms with Gasteiger partial charge in [-0.3, -0.25) is 4.79 Å². The van der Waals surface area contributed by atoms with E-state index >= 15 is 0 Å². The van der Waals surface area contributed by atoms with Crippen molar-refractivity contribution in [1.29, 1.82) is 0 Å². The molecule has 0 aromatic heterocycles. The van der Waals surface area contributed by atoms with Gasteiger partial charge in [-0.05, 0) is 6.04 Å². The van der Waals surface area contributed by atoms with E-state index in [1.165, 1.54) is 18.1 Å². The predicted molar refractivity (Wildman–Crippen MR) is 54.3 cm³/mol. The van der Waals surface area contributed by atoms with Crippen LogP contribution < -0.4 is 0 Å². The van der Waals surface area contributed by atoms with Crippen LogP contribution in [0.3, 0.4) is 0 Å². The van der Waals surface area contributed by atoms with E-state index in [1.54, 1.807) is 0 Å². The summed E-state index contributed by atoms with van der Waals surface area (Å²) in [5.74, 6) is -0.637. The highest BCUT2D eigenvalue weighted by molar-refractivity contribution is 6.79. The first kappa shape index (κ1) is 11.7. The van der Waals surface area contributed by atoms with Crippen LogP contribution in [0.25, 0.3) is 0 Å². The summed E-state index contributed by atoms with van der Waals surface area (Å²) in [4.78, 5) is 10.4. The van der Waals surface area contributed by atoms with Crippen LogP contribution in [0.2, 0.25) is 24.2 Å². The zero-order valence-electron chi connectivity index (χ0n) is 8.39. The Morgan fingerprint density at radius 2 is 1.58 bits per heavy atom. The van der Waals surface area contributed by atoms with Crippen LogP contribution in [-0.2, 0) is 4.79 Å². The largest absolute Gasteiger partial charge is 0.481 e. The number of hydrogen-bond donors (Lipinski definition) is 1. The van der Waals surface area contributed by atoms with Gasteiger partial charge in [0.25, 0.3) is 0 Å². The monoisotopic (exact) mass is 188 g/mol. The molecule has 12 heavy (non-hydrogen) atoms. The van der Waals surface area contributed by atoms with Gasteiger partial charge in [-0.1, -0.05) is 38.9 Å². The quantitative estimate of drug-likeness (QED) is 0.651. The first-order valence-corrected chi connectivity index (χ1v) is 7.65. The maximum Gasteiger partial charge on any atom is 0.303 e. The summed E-state index contributed by atoms with van der Waals surface area (Å²) in [7, 11) is -1.16. The maximum atomic E-state index is 10.4. The summed E-state index contributed by atoms with van der Waals surface area (Å²) in [5, 5.41) is 8.59. The zero-order chi connectivity index (χ0) is 9.61. The van der Waals surface area contributed by atoms with Crippen molar-refractivity contribution in [2.75, 3.05) is 0 Å². The van der Waals surface area contributed by atoms with Crippen LogP contribution in [0.15, 0.2) is 0 Å². The van der Waals surface area contributed by atoms with E-state index in [2.05, 4.69) is 20.8 Å². The number of rotatable bonds is 6. The predicted octanol–water partition coefficient (Wildman–Crippen LogP) is 2.97. The van der Waals surface area contributed by atoms with E-state index in [9.17, 15) is 4.79 Å². The molecule has 0 aromatic rings. The minimum atomic E-state index is -1.16. The Bertz CT molecular complexity index is 133. The van der Waals surface area contributed by atoms with Crippen LogP contribution in [0.1, 0.15) is 27.2 Å². The van der Waals surface area contributed by atoms with Crippen molar-refractivity contribution in [2.45, 2.75) is 51.4 Å². The molecule has 0 bridgehead atoms. The Kier molecular flexibility index (Phi) is 5.21. The fraction of sp³-hybridized carbons (Fsp3) is 0.889. The highest BCUT2D eigenvalue weighted by Crippen LogP contribution is 2.26. The van der Waals surface area contributed by atoms with Crippen molar-refractivity contribution in [3.05, 3.63) is 0 Å². The zero-order valence-corrected chi connectivity index (χ0v) is 9.39. The highest BCUT2D eigenvalue weighted by atomic mass is 28.3. The first-order valence-electron chi connectivity index (χ1n) is 4.82. The van der Waals surface area contributed by atoms with Gasteiger partial charge in [0.2, 0.25) is 0 Å². The second-order valence-corrected chi connectivity index (χ2v) is 9.08. The van der Waals surface area contributed by atoms with Crippen molar-refractivity contribution in [1.82, 2.24) is 0 Å². The van der Waals surface area contributed by atoms with Gasteiger partial charge in [-0.2, -0.15) is 0 Å². The van der Waals surface area contributed by atoms with Crippen LogP contribution in [0.4, 0.5) is 0 Å². The lowest BCUT2D eigenvalue weighted by molar-refractivity contribution is -0.136. The Morgan fingerprint density at radius 3 is 1.83 bits per heavy atom. The molecule has 1 N–H and O–H groups in total. The Hall–Kier alpha value is -0.313. The van der Waals surface area contributed by atoms with Crippen LogP contribution in [-0.4, -0.2) is 19.1 Å². The Morgan fingerprint density at radius 1 is 1.17 bits per heavy atom. The van der Waals surface area contributed by atoms with Crippen molar-refractivity contribution < 1.29 is 9.90 Å². The molecule has 0 unspecified atom stereocenters. The van der Waals surface area contributed by atoms with Gasteiger partial charge < -0.3 is 5.11 Å². The van der Waals surface area contributed by atoms with E-state index in [4.69, 9.17) is 5.11 Å². The van der Waals surface area contributed by atoms with Crippen LogP contribution in [0.5, 0.6) is 0 Å². The fourth-order valence-corrected chi connectivity index (χ4v) is 4.96. The van der Waals surface area contributed by atoms with E-state index in [-0.39, 0.29) is 0 Å². The third-order valence-electron chi connectivity index (χ3n) is 3.12. The number of aliphatic carboxylic acids is 1. The molecule has 0 spiro atoms. The van der Waals surface area contributed by atoms with Crippen molar-refractivity contribution >= 4 is 14.0 Å². The van der Waals surface area contributed by atoms with Gasteiger partial charge >= 0.3 is 5.97 Å². The number of carboxylic acids is 1. The summed E-state index contributed by atoms with van der Waals surface area (Å²) >= 11 is 0. The van der Waals surface area contributed by atoms with E-state index in [0.717, 1.165) is 6.04 Å². The maximum absolute atomic E-state index is 10.4. The lowest BCUT2D eigenvalue weighted by atomic mass is 10.5. The molecule has 0 aliphatic heterocycles. The highest BCUT2D eigenvalue weighted by Gasteiger charge is 2.26. The third-order valence-corrected chi connectivity index (χ3v) is 8.93. The van der Waals surface area contributed by atoms with Gasteiger partial charge in [0.15, 0.2) is 0 Å². The lowest BCUT2D eigenvalue weighted by Crippen LogP contribution is -2.31. The summed E-state index contributed by atoms with van der Waals surface area (Å²) in [6.45, 7) is 6.63. The average Bonchev–Trinajstić information content (AvgIpc) is 2.08. The molecule has 0 aliphatic rings. The van der Waals surface area contributed by atoms with Gasteiger partial charge in [0.1, 0.15) is 0 Å². The number of carboxylic acid groups (broad SMARTS) is 1. The third kappa shape index (κ3) is 3.39. The van der Waals surface area contributed by atoms with Gasteiger partial charge in [-0.15, -0.1) is 0 Å². The van der Waals surface area contributed by atoms with Crippen molar-refractivity contribution in [2.24, 2.45) is 0 Å². The molecule has 72 valence electrons. The standard InChI is InChI=1S/C9H20O2Si/c1-4-12(5-2,6-3)8-7-9(10)11/h4-8H2,1-3H3,(H,10,11). The summed E-state index contributed by atoms with van der Waals surface area (Å²) in [6.07, 6.45) is 0.377. The van der Waals surface area contributed by atoms with Crippen LogP contribution in [0, 0.1) is 0 Å². The smallest absolute Gasteiger partial charge is 0.303 e. The van der Waals surface area contributed by atoms with Gasteiger partial charge in [0.05, 0.1) is 8.07 Å². The molecule has 0 aromatic carbocycles. The number of hydrogen-bond acceptors (Lipinski definition) is 1. The molecule has 0 heterocycles. The normalized spacial score (nSPS) is 11.6. The molecule has 0 atom stereocenters. The first-order chi connectivity index (χ1) is 5.60. The second-order valence-electron chi connectivity index (χ2n) is 3.45. The van der Waals surface area contributed by atoms with E-state index in [1.807, 2.05) is 0 Å². The Labute approximate surface area is 76.0 Å². The molecule has 0 aliphatic carbocycles. The lowest BCUT2D eigenvalue weighted by Gasteiger charge is -2.27. The molecule has 0 rings (SSSR count). The number of carbonyl (C=O) groups is 1. The SMILES string of the molecule is CC[Si](CC)(CC)CCC(=O)O. The second kappa shape index (κ2) is 5.35. The van der Waals surface area contributed by atoms with E-state index < -0.39 is 14.0 Å². The van der Waals surface area contributed by atoms with Crippen molar-refractivity contribution in [3.63, 3.8) is 0 Å². The van der Waals surface area contributed by atoms with Gasteiger partial charge in [-0.25, -0.2) is 0 Å².